The van der Waals surface area contributed by atoms with E-state index < -0.39 is 0 Å². The molecule has 1 fully saturated rings. The molecule has 0 aliphatic heterocycles. The lowest BCUT2D eigenvalue weighted by molar-refractivity contribution is 0.105. The van der Waals surface area contributed by atoms with Crippen molar-refractivity contribution >= 4 is 5.95 Å². The molecule has 1 heterocycles. The molecule has 0 bridgehead atoms. The van der Waals surface area contributed by atoms with Gasteiger partial charge in [0, 0.05) is 32.1 Å². The summed E-state index contributed by atoms with van der Waals surface area (Å²) in [6.07, 6.45) is 7.56. The standard InChI is InChI=1S/C16H29N3O/c1-15(2)10-13(11-16(3,4)12-15)18-14-17-6-7-19(14)8-9-20-5/h6-7,13H,8-12H2,1-5H3,(H,17,18). The summed E-state index contributed by atoms with van der Waals surface area (Å²) in [5.41, 5.74) is 0.784. The monoisotopic (exact) mass is 279 g/mol. The molecule has 0 radical (unpaired) electrons. The Morgan fingerprint density at radius 1 is 1.30 bits per heavy atom. The Bertz CT molecular complexity index is 421. The van der Waals surface area contributed by atoms with Crippen LogP contribution < -0.4 is 5.32 Å². The van der Waals surface area contributed by atoms with E-state index in [4.69, 9.17) is 4.74 Å². The van der Waals surface area contributed by atoms with Crippen molar-refractivity contribution in [2.75, 3.05) is 19.0 Å². The molecule has 1 aliphatic carbocycles. The first-order valence-corrected chi connectivity index (χ1v) is 7.58. The molecule has 114 valence electrons. The van der Waals surface area contributed by atoms with Crippen LogP contribution in [0, 0.1) is 10.8 Å². The van der Waals surface area contributed by atoms with Crippen molar-refractivity contribution in [2.45, 2.75) is 59.5 Å². The summed E-state index contributed by atoms with van der Waals surface area (Å²) in [7, 11) is 1.73. The van der Waals surface area contributed by atoms with Crippen LogP contribution in [0.5, 0.6) is 0 Å². The van der Waals surface area contributed by atoms with Gasteiger partial charge in [-0.2, -0.15) is 0 Å². The lowest BCUT2D eigenvalue weighted by Gasteiger charge is -2.45. The zero-order chi connectivity index (χ0) is 14.8. The van der Waals surface area contributed by atoms with E-state index in [2.05, 4.69) is 42.6 Å². The fourth-order valence-corrected chi connectivity index (χ4v) is 3.95. The normalized spacial score (nSPS) is 21.9. The van der Waals surface area contributed by atoms with Crippen LogP contribution in [-0.2, 0) is 11.3 Å². The molecule has 1 N–H and O–H groups in total. The summed E-state index contributed by atoms with van der Waals surface area (Å²) >= 11 is 0. The number of hydrogen-bond acceptors (Lipinski definition) is 3. The van der Waals surface area contributed by atoms with E-state index in [0.717, 1.165) is 12.5 Å². The van der Waals surface area contributed by atoms with Gasteiger partial charge in [0.1, 0.15) is 0 Å². The fraction of sp³-hybridized carbons (Fsp3) is 0.812. The third kappa shape index (κ3) is 3.98. The molecule has 20 heavy (non-hydrogen) atoms. The summed E-state index contributed by atoms with van der Waals surface area (Å²) in [6, 6.07) is 0.498. The van der Waals surface area contributed by atoms with Gasteiger partial charge < -0.3 is 14.6 Å². The topological polar surface area (TPSA) is 39.1 Å². The summed E-state index contributed by atoms with van der Waals surface area (Å²) in [5.74, 6) is 0.973. The summed E-state index contributed by atoms with van der Waals surface area (Å²) < 4.78 is 7.29. The van der Waals surface area contributed by atoms with Crippen LogP contribution >= 0.6 is 0 Å². The minimum atomic E-state index is 0.392. The number of ether oxygens (including phenoxy) is 1. The number of nitrogens with one attached hydrogen (secondary N) is 1. The van der Waals surface area contributed by atoms with Gasteiger partial charge >= 0.3 is 0 Å². The number of nitrogens with zero attached hydrogens (tertiary/aromatic N) is 2. The molecule has 4 heteroatoms. The number of aromatic nitrogens is 2. The number of methoxy groups -OCH3 is 1. The number of imidazole rings is 1. The maximum Gasteiger partial charge on any atom is 0.203 e. The number of anilines is 1. The average molecular weight is 279 g/mol. The van der Waals surface area contributed by atoms with E-state index in [9.17, 15) is 0 Å². The van der Waals surface area contributed by atoms with E-state index in [0.29, 0.717) is 23.5 Å². The summed E-state index contributed by atoms with van der Waals surface area (Å²) in [5, 5.41) is 3.65. The van der Waals surface area contributed by atoms with E-state index in [1.54, 1.807) is 7.11 Å². The van der Waals surface area contributed by atoms with Gasteiger partial charge in [0.15, 0.2) is 0 Å². The van der Waals surface area contributed by atoms with Gasteiger partial charge in [0.05, 0.1) is 6.61 Å². The maximum absolute atomic E-state index is 5.15. The lowest BCUT2D eigenvalue weighted by atomic mass is 9.63. The molecular formula is C16H29N3O. The SMILES string of the molecule is COCCn1ccnc1NC1CC(C)(C)CC(C)(C)C1. The smallest absolute Gasteiger partial charge is 0.203 e. The summed E-state index contributed by atoms with van der Waals surface area (Å²) in [6.45, 7) is 11.1. The highest BCUT2D eigenvalue weighted by molar-refractivity contribution is 5.28. The molecule has 4 nitrogen and oxygen atoms in total. The van der Waals surface area contributed by atoms with Gasteiger partial charge in [0.25, 0.3) is 0 Å². The molecule has 2 rings (SSSR count). The van der Waals surface area contributed by atoms with Crippen molar-refractivity contribution < 1.29 is 4.74 Å². The average Bonchev–Trinajstić information content (AvgIpc) is 2.69. The third-order valence-electron chi connectivity index (χ3n) is 4.14. The Morgan fingerprint density at radius 2 is 1.95 bits per heavy atom. The predicted molar refractivity (Wildman–Crippen MR) is 82.9 cm³/mol. The quantitative estimate of drug-likeness (QED) is 0.896. The Labute approximate surface area is 122 Å². The highest BCUT2D eigenvalue weighted by atomic mass is 16.5. The van der Waals surface area contributed by atoms with Gasteiger partial charge in [-0.15, -0.1) is 0 Å². The Balaban J connectivity index is 2.04. The molecule has 1 aromatic heterocycles. The maximum atomic E-state index is 5.15. The molecule has 1 saturated carbocycles. The van der Waals surface area contributed by atoms with Gasteiger partial charge in [-0.25, -0.2) is 4.98 Å². The van der Waals surface area contributed by atoms with E-state index in [1.807, 2.05) is 12.4 Å². The fourth-order valence-electron chi connectivity index (χ4n) is 3.95. The van der Waals surface area contributed by atoms with Crippen LogP contribution in [0.15, 0.2) is 12.4 Å². The molecule has 0 amide bonds. The van der Waals surface area contributed by atoms with Gasteiger partial charge in [-0.1, -0.05) is 27.7 Å². The Morgan fingerprint density at radius 3 is 2.55 bits per heavy atom. The van der Waals surface area contributed by atoms with Crippen molar-refractivity contribution in [3.05, 3.63) is 12.4 Å². The zero-order valence-corrected chi connectivity index (χ0v) is 13.6. The Hall–Kier alpha value is -1.03. The van der Waals surface area contributed by atoms with Gasteiger partial charge in [0.2, 0.25) is 5.95 Å². The number of rotatable bonds is 5. The third-order valence-corrected chi connectivity index (χ3v) is 4.14. The zero-order valence-electron chi connectivity index (χ0n) is 13.6. The summed E-state index contributed by atoms with van der Waals surface area (Å²) in [4.78, 5) is 4.46. The van der Waals surface area contributed by atoms with Crippen LogP contribution in [0.3, 0.4) is 0 Å². The van der Waals surface area contributed by atoms with Crippen molar-refractivity contribution in [3.63, 3.8) is 0 Å². The molecule has 0 unspecified atom stereocenters. The second kappa shape index (κ2) is 5.76. The van der Waals surface area contributed by atoms with Crippen molar-refractivity contribution in [1.29, 1.82) is 0 Å². The highest BCUT2D eigenvalue weighted by Gasteiger charge is 2.38. The first-order valence-electron chi connectivity index (χ1n) is 7.58. The van der Waals surface area contributed by atoms with Crippen molar-refractivity contribution in [2.24, 2.45) is 10.8 Å². The van der Waals surface area contributed by atoms with E-state index >= 15 is 0 Å². The number of hydrogen-bond donors (Lipinski definition) is 1. The first-order chi connectivity index (χ1) is 9.31. The minimum Gasteiger partial charge on any atom is -0.383 e. The first kappa shape index (κ1) is 15.4. The predicted octanol–water partition coefficient (Wildman–Crippen LogP) is 3.55. The lowest BCUT2D eigenvalue weighted by Crippen LogP contribution is -2.40. The second-order valence-corrected chi connectivity index (χ2v) is 7.69. The molecular weight excluding hydrogens is 250 g/mol. The van der Waals surface area contributed by atoms with Crippen LogP contribution in [0.2, 0.25) is 0 Å². The van der Waals surface area contributed by atoms with E-state index in [1.165, 1.54) is 19.3 Å². The highest BCUT2D eigenvalue weighted by Crippen LogP contribution is 2.46. The van der Waals surface area contributed by atoms with Crippen LogP contribution in [0.25, 0.3) is 0 Å². The van der Waals surface area contributed by atoms with Crippen molar-refractivity contribution in [3.8, 4) is 0 Å². The van der Waals surface area contributed by atoms with Crippen LogP contribution in [-0.4, -0.2) is 29.3 Å². The molecule has 1 aliphatic rings. The second-order valence-electron chi connectivity index (χ2n) is 7.69. The molecule has 0 spiro atoms. The van der Waals surface area contributed by atoms with Crippen molar-refractivity contribution in [1.82, 2.24) is 9.55 Å². The van der Waals surface area contributed by atoms with Gasteiger partial charge in [-0.05, 0) is 30.1 Å². The molecule has 0 atom stereocenters. The van der Waals surface area contributed by atoms with Gasteiger partial charge in [-0.3, -0.25) is 0 Å². The van der Waals surface area contributed by atoms with E-state index in [-0.39, 0.29) is 0 Å². The molecule has 0 aromatic carbocycles. The largest absolute Gasteiger partial charge is 0.383 e. The van der Waals surface area contributed by atoms with Crippen LogP contribution in [0.1, 0.15) is 47.0 Å². The van der Waals surface area contributed by atoms with Crippen LogP contribution in [0.4, 0.5) is 5.95 Å². The minimum absolute atomic E-state index is 0.392. The molecule has 0 saturated heterocycles. The molecule has 1 aromatic rings. The Kier molecular flexibility index (Phi) is 4.43.